The molecule has 4 aliphatic heterocycles. The van der Waals surface area contributed by atoms with Crippen LogP contribution in [0.25, 0.3) is 0 Å². The zero-order valence-electron chi connectivity index (χ0n) is 26.6. The molecule has 3 fully saturated rings. The van der Waals surface area contributed by atoms with Crippen molar-refractivity contribution in [3.63, 3.8) is 0 Å². The minimum atomic E-state index is -4.88. The number of urea groups is 1. The summed E-state index contributed by atoms with van der Waals surface area (Å²) < 4.78 is 46.9. The Morgan fingerprint density at radius 2 is 1.60 bits per heavy atom. The number of amides is 4. The zero-order chi connectivity index (χ0) is 34.0. The molecule has 14 heteroatoms. The molecule has 4 aliphatic rings. The molecule has 0 saturated carbocycles. The second-order valence-corrected chi connectivity index (χ2v) is 13.6. The summed E-state index contributed by atoms with van der Waals surface area (Å²) in [5.74, 6) is -0.491. The van der Waals surface area contributed by atoms with Crippen LogP contribution in [0.5, 0.6) is 5.75 Å². The van der Waals surface area contributed by atoms with Gasteiger partial charge in [0.2, 0.25) is 0 Å². The Morgan fingerprint density at radius 3 is 2.29 bits per heavy atom. The number of fused-ring (bicyclic) bond motifs is 1. The number of rotatable bonds is 6. The van der Waals surface area contributed by atoms with Crippen LogP contribution in [-0.4, -0.2) is 89.3 Å². The van der Waals surface area contributed by atoms with E-state index in [4.69, 9.17) is 16.3 Å². The molecule has 0 radical (unpaired) electrons. The third-order valence-corrected chi connectivity index (χ3v) is 10.6. The number of hydrogen-bond acceptors (Lipinski definition) is 6. The molecule has 0 aliphatic carbocycles. The molecule has 3 N–H and O–H groups in total. The van der Waals surface area contributed by atoms with E-state index < -0.39 is 40.6 Å². The monoisotopic (exact) mass is 691 g/mol. The number of ether oxygens (including phenoxy) is 1. The molecule has 4 heterocycles. The van der Waals surface area contributed by atoms with Gasteiger partial charge in [0, 0.05) is 50.9 Å². The molecule has 1 atom stereocenters. The average molecular weight is 692 g/mol. The molecule has 0 spiro atoms. The van der Waals surface area contributed by atoms with E-state index in [9.17, 15) is 32.7 Å². The molecular formula is C34H41ClF3N5O5. The molecule has 1 unspecified atom stereocenters. The highest BCUT2D eigenvalue weighted by atomic mass is 35.5. The van der Waals surface area contributed by atoms with Crippen molar-refractivity contribution in [2.24, 2.45) is 11.8 Å². The van der Waals surface area contributed by atoms with Crippen LogP contribution in [0.3, 0.4) is 0 Å². The molecule has 2 aromatic carbocycles. The van der Waals surface area contributed by atoms with Crippen LogP contribution in [-0.2, 0) is 28.7 Å². The van der Waals surface area contributed by atoms with Crippen molar-refractivity contribution in [3.05, 3.63) is 58.1 Å². The number of halogens is 4. The Bertz CT molecular complexity index is 1500. The maximum Gasteiger partial charge on any atom is 0.420 e. The standard InChI is InChI=1S/C34H41ClF3N5O5/c35-27-18-21(17-26(30(27)44)34(36,37)38)19-29(31(45)41-13-7-23(8-14-41)22-5-11-39-12-6-22)48-33(47)42-15-9-25(10-16-42)43-20-24-3-1-2-4-28(24)40-32(43)46/h1-4,17-18,22-23,25,29,39,44H,5-16,19-20H2,(H,40,46). The largest absolute Gasteiger partial charge is 0.506 e. The predicted molar refractivity (Wildman–Crippen MR) is 173 cm³/mol. The number of carbonyl (C=O) groups is 3. The van der Waals surface area contributed by atoms with E-state index in [0.717, 1.165) is 62.2 Å². The fraction of sp³-hybridized carbons (Fsp3) is 0.559. The van der Waals surface area contributed by atoms with Crippen LogP contribution in [0.1, 0.15) is 55.2 Å². The number of likely N-dealkylation sites (tertiary alicyclic amines) is 2. The molecule has 10 nitrogen and oxygen atoms in total. The molecule has 6 rings (SSSR count). The van der Waals surface area contributed by atoms with Gasteiger partial charge in [-0.1, -0.05) is 29.8 Å². The van der Waals surface area contributed by atoms with E-state index in [1.807, 2.05) is 24.3 Å². The molecule has 4 amide bonds. The first-order chi connectivity index (χ1) is 23.0. The second kappa shape index (κ2) is 14.4. The Morgan fingerprint density at radius 1 is 0.958 bits per heavy atom. The highest BCUT2D eigenvalue weighted by Crippen LogP contribution is 2.41. The maximum atomic E-state index is 13.9. The van der Waals surface area contributed by atoms with E-state index in [-0.39, 0.29) is 37.1 Å². The number of phenolic OH excluding ortho intramolecular Hbond substituents is 1. The topological polar surface area (TPSA) is 114 Å². The number of alkyl halides is 3. The van der Waals surface area contributed by atoms with Gasteiger partial charge in [0.15, 0.2) is 6.10 Å². The van der Waals surface area contributed by atoms with Gasteiger partial charge in [-0.2, -0.15) is 13.2 Å². The minimum absolute atomic E-state index is 0.0102. The summed E-state index contributed by atoms with van der Waals surface area (Å²) in [6, 6.07) is 9.19. The van der Waals surface area contributed by atoms with Crippen molar-refractivity contribution >= 4 is 35.3 Å². The molecule has 3 saturated heterocycles. The summed E-state index contributed by atoms with van der Waals surface area (Å²) in [5.41, 5.74) is 0.471. The number of carbonyl (C=O) groups excluding carboxylic acids is 3. The highest BCUT2D eigenvalue weighted by molar-refractivity contribution is 6.32. The number of nitrogens with one attached hydrogen (secondary N) is 2. The molecule has 0 bridgehead atoms. The first kappa shape index (κ1) is 34.2. The van der Waals surface area contributed by atoms with Gasteiger partial charge in [-0.15, -0.1) is 0 Å². The number of aromatic hydroxyl groups is 1. The Labute approximate surface area is 282 Å². The maximum absolute atomic E-state index is 13.9. The van der Waals surface area contributed by atoms with Gasteiger partial charge in [0.1, 0.15) is 5.75 Å². The van der Waals surface area contributed by atoms with Crippen molar-refractivity contribution < 1.29 is 37.4 Å². The third-order valence-electron chi connectivity index (χ3n) is 10.3. The van der Waals surface area contributed by atoms with Crippen LogP contribution in [0.2, 0.25) is 5.02 Å². The normalized spacial score (nSPS) is 20.7. The Hall–Kier alpha value is -3.71. The van der Waals surface area contributed by atoms with Crippen LogP contribution in [0.15, 0.2) is 36.4 Å². The van der Waals surface area contributed by atoms with Crippen LogP contribution >= 0.6 is 11.6 Å². The van der Waals surface area contributed by atoms with Gasteiger partial charge >= 0.3 is 18.3 Å². The Balaban J connectivity index is 1.13. The number of anilines is 1. The lowest BCUT2D eigenvalue weighted by atomic mass is 9.79. The third kappa shape index (κ3) is 7.62. The summed E-state index contributed by atoms with van der Waals surface area (Å²) in [7, 11) is 0. The average Bonchev–Trinajstić information content (AvgIpc) is 3.09. The summed E-state index contributed by atoms with van der Waals surface area (Å²) in [6.07, 6.45) is -2.57. The second-order valence-electron chi connectivity index (χ2n) is 13.2. The van der Waals surface area contributed by atoms with Crippen molar-refractivity contribution in [2.75, 3.05) is 44.6 Å². The first-order valence-corrected chi connectivity index (χ1v) is 17.0. The highest BCUT2D eigenvalue weighted by Gasteiger charge is 2.39. The van der Waals surface area contributed by atoms with E-state index in [1.165, 1.54) is 4.90 Å². The van der Waals surface area contributed by atoms with Gasteiger partial charge in [0.25, 0.3) is 5.91 Å². The van der Waals surface area contributed by atoms with Gasteiger partial charge < -0.3 is 35.2 Å². The first-order valence-electron chi connectivity index (χ1n) is 16.7. The van der Waals surface area contributed by atoms with Gasteiger partial charge in [-0.3, -0.25) is 4.79 Å². The minimum Gasteiger partial charge on any atom is -0.506 e. The number of para-hydroxylation sites is 1. The Kier molecular flexibility index (Phi) is 10.3. The molecule has 260 valence electrons. The fourth-order valence-electron chi connectivity index (χ4n) is 7.57. The fourth-order valence-corrected chi connectivity index (χ4v) is 7.81. The van der Waals surface area contributed by atoms with Crippen LogP contribution in [0, 0.1) is 11.8 Å². The van der Waals surface area contributed by atoms with Crippen molar-refractivity contribution in [3.8, 4) is 5.75 Å². The number of nitrogens with zero attached hydrogens (tertiary/aromatic N) is 3. The lowest BCUT2D eigenvalue weighted by molar-refractivity contribution is -0.142. The lowest BCUT2D eigenvalue weighted by Crippen LogP contribution is -2.52. The predicted octanol–water partition coefficient (Wildman–Crippen LogP) is 5.86. The zero-order valence-corrected chi connectivity index (χ0v) is 27.4. The van der Waals surface area contributed by atoms with Gasteiger partial charge in [-0.05, 0) is 92.8 Å². The molecular weight excluding hydrogens is 651 g/mol. The van der Waals surface area contributed by atoms with E-state index in [1.54, 1.807) is 9.80 Å². The van der Waals surface area contributed by atoms with Crippen LogP contribution in [0.4, 0.5) is 28.4 Å². The van der Waals surface area contributed by atoms with E-state index in [2.05, 4.69) is 10.6 Å². The summed E-state index contributed by atoms with van der Waals surface area (Å²) in [4.78, 5) is 45.1. The van der Waals surface area contributed by atoms with Gasteiger partial charge in [-0.25, -0.2) is 9.59 Å². The van der Waals surface area contributed by atoms with E-state index in [0.29, 0.717) is 44.3 Å². The SMILES string of the molecule is O=C(OC(Cc1cc(Cl)c(O)c(C(F)(F)F)c1)C(=O)N1CCC(C2CCNCC2)CC1)N1CCC(N2Cc3ccccc3NC2=O)CC1. The lowest BCUT2D eigenvalue weighted by Gasteiger charge is -2.41. The van der Waals surface area contributed by atoms with E-state index >= 15 is 0 Å². The quantitative estimate of drug-likeness (QED) is 0.350. The number of phenols is 1. The van der Waals surface area contributed by atoms with Gasteiger partial charge in [0.05, 0.1) is 10.6 Å². The summed E-state index contributed by atoms with van der Waals surface area (Å²) in [6.45, 7) is 3.91. The molecule has 48 heavy (non-hydrogen) atoms. The molecule has 2 aromatic rings. The summed E-state index contributed by atoms with van der Waals surface area (Å²) in [5, 5.41) is 15.8. The molecule has 0 aromatic heterocycles. The van der Waals surface area contributed by atoms with Crippen molar-refractivity contribution in [1.82, 2.24) is 20.0 Å². The van der Waals surface area contributed by atoms with Crippen LogP contribution < -0.4 is 10.6 Å². The number of piperidine rings is 3. The number of benzene rings is 2. The summed E-state index contributed by atoms with van der Waals surface area (Å²) >= 11 is 5.97. The van der Waals surface area contributed by atoms with Crippen molar-refractivity contribution in [1.29, 1.82) is 0 Å². The smallest absolute Gasteiger partial charge is 0.420 e. The van der Waals surface area contributed by atoms with Crippen molar-refractivity contribution in [2.45, 2.75) is 69.8 Å². The number of hydrogen-bond donors (Lipinski definition) is 3.